The number of benzene rings is 2. The van der Waals surface area contributed by atoms with Gasteiger partial charge in [-0.3, -0.25) is 24.6 Å². The zero-order valence-electron chi connectivity index (χ0n) is 16.6. The molecule has 0 bridgehead atoms. The van der Waals surface area contributed by atoms with Crippen molar-refractivity contribution in [2.75, 3.05) is 11.9 Å². The molecule has 0 radical (unpaired) electrons. The van der Waals surface area contributed by atoms with E-state index >= 15 is 0 Å². The molecule has 4 rings (SSSR count). The van der Waals surface area contributed by atoms with E-state index in [1.165, 1.54) is 53.2 Å². The first-order valence-corrected chi connectivity index (χ1v) is 11.1. The van der Waals surface area contributed by atoms with Gasteiger partial charge in [0.15, 0.2) is 5.69 Å². The van der Waals surface area contributed by atoms with Crippen molar-refractivity contribution < 1.29 is 18.1 Å². The number of amides is 1. The molecule has 0 fully saturated rings. The van der Waals surface area contributed by atoms with Crippen LogP contribution in [-0.2, 0) is 10.0 Å². The van der Waals surface area contributed by atoms with E-state index in [0.29, 0.717) is 24.5 Å². The number of non-ortho nitro benzene ring substituents is 1. The van der Waals surface area contributed by atoms with Crippen molar-refractivity contribution in [2.45, 2.75) is 17.7 Å². The third kappa shape index (κ3) is 4.64. The van der Waals surface area contributed by atoms with Crippen LogP contribution in [0.2, 0.25) is 0 Å². The fourth-order valence-corrected chi connectivity index (χ4v) is 4.22. The zero-order valence-corrected chi connectivity index (χ0v) is 17.4. The first-order chi connectivity index (χ1) is 15.3. The van der Waals surface area contributed by atoms with Crippen molar-refractivity contribution in [1.29, 1.82) is 0 Å². The highest BCUT2D eigenvalue weighted by molar-refractivity contribution is 7.90. The van der Waals surface area contributed by atoms with Gasteiger partial charge in [-0.15, -0.1) is 0 Å². The van der Waals surface area contributed by atoms with Gasteiger partial charge < -0.3 is 5.32 Å². The molecule has 1 aliphatic heterocycles. The third-order valence-electron chi connectivity index (χ3n) is 4.68. The third-order valence-corrected chi connectivity index (χ3v) is 6.05. The van der Waals surface area contributed by atoms with Gasteiger partial charge in [0.25, 0.3) is 21.6 Å². The average molecular weight is 454 g/mol. The molecule has 2 heterocycles. The van der Waals surface area contributed by atoms with Crippen LogP contribution >= 0.6 is 0 Å². The predicted octanol–water partition coefficient (Wildman–Crippen LogP) is 2.50. The molecule has 12 heteroatoms. The Labute approximate surface area is 183 Å². The normalized spacial score (nSPS) is 13.4. The number of nitrogens with one attached hydrogen (secondary N) is 2. The van der Waals surface area contributed by atoms with Crippen LogP contribution in [-0.4, -0.2) is 41.4 Å². The topological polar surface area (TPSA) is 149 Å². The number of sulfonamides is 1. The van der Waals surface area contributed by atoms with E-state index in [0.717, 1.165) is 6.42 Å². The lowest BCUT2D eigenvalue weighted by atomic mass is 10.3. The van der Waals surface area contributed by atoms with Gasteiger partial charge in [-0.25, -0.2) is 13.1 Å². The maximum Gasteiger partial charge on any atom is 0.276 e. The Bertz CT molecular complexity index is 1310. The van der Waals surface area contributed by atoms with Gasteiger partial charge in [-0.1, -0.05) is 6.07 Å². The van der Waals surface area contributed by atoms with E-state index in [1.54, 1.807) is 12.3 Å². The van der Waals surface area contributed by atoms with Crippen LogP contribution in [0.3, 0.4) is 0 Å². The SMILES string of the molecule is O=C(Nc1cccc(S(=O)(=O)NC2=NCCC2)c1)c1ccn(-c2ccc([N+](=O)[O-])cc2)n1. The second-order valence-electron chi connectivity index (χ2n) is 6.94. The molecule has 1 aliphatic rings. The van der Waals surface area contributed by atoms with Gasteiger partial charge in [0.2, 0.25) is 0 Å². The van der Waals surface area contributed by atoms with E-state index in [1.807, 2.05) is 0 Å². The van der Waals surface area contributed by atoms with Gasteiger partial charge in [-0.2, -0.15) is 5.10 Å². The quantitative estimate of drug-likeness (QED) is 0.432. The first-order valence-electron chi connectivity index (χ1n) is 9.60. The molecule has 2 aromatic carbocycles. The molecule has 11 nitrogen and oxygen atoms in total. The van der Waals surface area contributed by atoms with E-state index in [-0.39, 0.29) is 22.0 Å². The second kappa shape index (κ2) is 8.59. The van der Waals surface area contributed by atoms with Crippen molar-refractivity contribution >= 4 is 33.1 Å². The maximum absolute atomic E-state index is 12.6. The lowest BCUT2D eigenvalue weighted by molar-refractivity contribution is -0.384. The molecule has 32 heavy (non-hydrogen) atoms. The van der Waals surface area contributed by atoms with Gasteiger partial charge >= 0.3 is 0 Å². The smallest absolute Gasteiger partial charge is 0.276 e. The average Bonchev–Trinajstić information content (AvgIpc) is 3.46. The Kier molecular flexibility index (Phi) is 5.69. The largest absolute Gasteiger partial charge is 0.321 e. The number of nitrogens with zero attached hydrogens (tertiary/aromatic N) is 4. The molecule has 1 amide bonds. The number of carbonyl (C=O) groups excluding carboxylic acids is 1. The van der Waals surface area contributed by atoms with Crippen LogP contribution in [0, 0.1) is 10.1 Å². The number of hydrogen-bond donors (Lipinski definition) is 2. The van der Waals surface area contributed by atoms with Crippen LogP contribution in [0.25, 0.3) is 5.69 Å². The van der Waals surface area contributed by atoms with Crippen molar-refractivity contribution in [1.82, 2.24) is 14.5 Å². The highest BCUT2D eigenvalue weighted by atomic mass is 32.2. The molecule has 0 atom stereocenters. The molecule has 0 saturated carbocycles. The summed E-state index contributed by atoms with van der Waals surface area (Å²) in [4.78, 5) is 27.0. The number of nitro groups is 1. The molecule has 2 N–H and O–H groups in total. The highest BCUT2D eigenvalue weighted by Crippen LogP contribution is 2.18. The highest BCUT2D eigenvalue weighted by Gasteiger charge is 2.19. The summed E-state index contributed by atoms with van der Waals surface area (Å²) in [5.74, 6) is -0.107. The number of rotatable bonds is 6. The summed E-state index contributed by atoms with van der Waals surface area (Å²) in [6.07, 6.45) is 2.93. The molecule has 0 unspecified atom stereocenters. The molecule has 164 valence electrons. The monoisotopic (exact) mass is 454 g/mol. The Hall–Kier alpha value is -4.06. The molecular formula is C20H18N6O5S. The number of hydrogen-bond acceptors (Lipinski definition) is 7. The van der Waals surface area contributed by atoms with E-state index in [2.05, 4.69) is 20.1 Å². The second-order valence-corrected chi connectivity index (χ2v) is 8.62. The maximum atomic E-state index is 12.6. The van der Waals surface area contributed by atoms with E-state index in [9.17, 15) is 23.3 Å². The first kappa shape index (κ1) is 21.2. The lowest BCUT2D eigenvalue weighted by Gasteiger charge is -2.09. The summed E-state index contributed by atoms with van der Waals surface area (Å²) in [6, 6.07) is 13.1. The zero-order chi connectivity index (χ0) is 22.7. The number of aliphatic imine (C=N–C) groups is 1. The summed E-state index contributed by atoms with van der Waals surface area (Å²) in [5, 5.41) is 17.6. The molecule has 0 saturated heterocycles. The standard InChI is InChI=1S/C20H18N6O5S/c27-20(18-10-12-25(23-18)15-6-8-16(9-7-15)26(28)29)22-14-3-1-4-17(13-14)32(30,31)24-19-5-2-11-21-19/h1,3-4,6-10,12-13H,2,5,11H2,(H,21,24)(H,22,27). The Morgan fingerprint density at radius 2 is 1.91 bits per heavy atom. The fraction of sp³-hybridized carbons (Fsp3) is 0.150. The number of nitro benzene ring substituents is 1. The van der Waals surface area contributed by atoms with Crippen molar-refractivity contribution in [3.05, 3.63) is 76.6 Å². The molecule has 1 aromatic heterocycles. The summed E-state index contributed by atoms with van der Waals surface area (Å²) < 4.78 is 29.0. The minimum atomic E-state index is -3.81. The summed E-state index contributed by atoms with van der Waals surface area (Å²) in [7, 11) is -3.81. The summed E-state index contributed by atoms with van der Waals surface area (Å²) >= 11 is 0. The van der Waals surface area contributed by atoms with E-state index in [4.69, 9.17) is 0 Å². The van der Waals surface area contributed by atoms with Crippen LogP contribution in [0.1, 0.15) is 23.3 Å². The number of anilines is 1. The molecular weight excluding hydrogens is 436 g/mol. The Morgan fingerprint density at radius 3 is 2.59 bits per heavy atom. The van der Waals surface area contributed by atoms with Crippen LogP contribution in [0.4, 0.5) is 11.4 Å². The van der Waals surface area contributed by atoms with Crippen molar-refractivity contribution in [3.63, 3.8) is 0 Å². The fourth-order valence-electron chi connectivity index (χ4n) is 3.09. The summed E-state index contributed by atoms with van der Waals surface area (Å²) in [5.41, 5.74) is 0.873. The van der Waals surface area contributed by atoms with Crippen LogP contribution < -0.4 is 10.0 Å². The minimum Gasteiger partial charge on any atom is -0.321 e. The Balaban J connectivity index is 1.47. The van der Waals surface area contributed by atoms with E-state index < -0.39 is 20.9 Å². The van der Waals surface area contributed by atoms with Crippen molar-refractivity contribution in [2.24, 2.45) is 4.99 Å². The Morgan fingerprint density at radius 1 is 1.12 bits per heavy atom. The predicted molar refractivity (Wildman–Crippen MR) is 116 cm³/mol. The van der Waals surface area contributed by atoms with Gasteiger partial charge in [0.1, 0.15) is 5.84 Å². The molecule has 0 spiro atoms. The number of aromatic nitrogens is 2. The van der Waals surface area contributed by atoms with Gasteiger partial charge in [0, 0.05) is 37.0 Å². The lowest BCUT2D eigenvalue weighted by Crippen LogP contribution is -2.29. The molecule has 3 aromatic rings. The molecule has 0 aliphatic carbocycles. The number of carbonyl (C=O) groups is 1. The van der Waals surface area contributed by atoms with Gasteiger partial charge in [-0.05, 0) is 42.8 Å². The van der Waals surface area contributed by atoms with Crippen molar-refractivity contribution in [3.8, 4) is 5.69 Å². The minimum absolute atomic E-state index is 0.00121. The van der Waals surface area contributed by atoms with Crippen LogP contribution in [0.5, 0.6) is 0 Å². The van der Waals surface area contributed by atoms with Crippen LogP contribution in [0.15, 0.2) is 70.7 Å². The van der Waals surface area contributed by atoms with Gasteiger partial charge in [0.05, 0.1) is 15.5 Å². The number of amidine groups is 1. The summed E-state index contributed by atoms with van der Waals surface area (Å²) in [6.45, 7) is 0.598.